The third-order valence-electron chi connectivity index (χ3n) is 8.71. The van der Waals surface area contributed by atoms with Crippen LogP contribution in [0.5, 0.6) is 0 Å². The number of fused-ring (bicyclic) bond motifs is 12. The Bertz CT molecular complexity index is 1270. The van der Waals surface area contributed by atoms with Crippen molar-refractivity contribution < 1.29 is 29.0 Å². The first-order valence-corrected chi connectivity index (χ1v) is 14.5. The first-order chi connectivity index (χ1) is 19.3. The van der Waals surface area contributed by atoms with Crippen LogP contribution in [0.2, 0.25) is 0 Å². The van der Waals surface area contributed by atoms with E-state index < -0.39 is 41.1 Å². The van der Waals surface area contributed by atoms with Crippen molar-refractivity contribution in [3.63, 3.8) is 0 Å². The number of carbonyl (C=O) groups is 3. The monoisotopic (exact) mass is 564 g/mol. The first-order valence-electron chi connectivity index (χ1n) is 14.5. The molecule has 222 valence electrons. The number of aryl methyl sites for hydroxylation is 1. The van der Waals surface area contributed by atoms with Gasteiger partial charge in [-0.05, 0) is 58.8 Å². The number of hydrogen-bond acceptors (Lipinski definition) is 5. The van der Waals surface area contributed by atoms with E-state index in [1.54, 1.807) is 7.11 Å². The number of nitrogens with one attached hydrogen (secondary N) is 1. The number of carboxylic acid groups (broad SMARTS) is 1. The minimum Gasteiger partial charge on any atom is -0.480 e. The molecule has 8 heteroatoms. The van der Waals surface area contributed by atoms with E-state index in [-0.39, 0.29) is 25.0 Å². The van der Waals surface area contributed by atoms with Crippen LogP contribution in [-0.4, -0.2) is 60.3 Å². The summed E-state index contributed by atoms with van der Waals surface area (Å²) in [4.78, 5) is 40.6. The largest absolute Gasteiger partial charge is 0.480 e. The number of ether oxygens (including phenoxy) is 2. The summed E-state index contributed by atoms with van der Waals surface area (Å²) >= 11 is 0. The molecule has 41 heavy (non-hydrogen) atoms. The maximum atomic E-state index is 14.0. The van der Waals surface area contributed by atoms with Gasteiger partial charge in [0.1, 0.15) is 17.7 Å². The topological polar surface area (TPSA) is 105 Å². The molecule has 1 saturated heterocycles. The molecule has 2 aromatic carbocycles. The Kier molecular flexibility index (Phi) is 8.83. The third-order valence-corrected chi connectivity index (χ3v) is 8.71. The molecule has 2 aromatic rings. The van der Waals surface area contributed by atoms with Crippen LogP contribution in [0, 0.1) is 10.8 Å². The number of nitrogens with zero attached hydrogens (tertiary/aromatic N) is 1. The summed E-state index contributed by atoms with van der Waals surface area (Å²) in [6.07, 6.45) is 2.98. The SMILES string of the molecule is CO[C@@]12C[C@@H](C(=O)O)N(C1)C(=O)[C@H](C(C)(C)C)NC(=O)OCCC(C)(C)CCCc1ccccc1-c1ccc2cc1. The van der Waals surface area contributed by atoms with E-state index in [9.17, 15) is 19.5 Å². The van der Waals surface area contributed by atoms with Crippen molar-refractivity contribution in [1.82, 2.24) is 10.2 Å². The number of benzene rings is 2. The van der Waals surface area contributed by atoms with Gasteiger partial charge in [-0.3, -0.25) is 4.79 Å². The highest BCUT2D eigenvalue weighted by atomic mass is 16.5. The molecule has 3 aliphatic rings. The smallest absolute Gasteiger partial charge is 0.407 e. The van der Waals surface area contributed by atoms with E-state index in [2.05, 4.69) is 37.4 Å². The summed E-state index contributed by atoms with van der Waals surface area (Å²) in [5.74, 6) is -1.58. The van der Waals surface area contributed by atoms with Crippen LogP contribution < -0.4 is 5.32 Å². The summed E-state index contributed by atoms with van der Waals surface area (Å²) in [6.45, 7) is 10.1. The second kappa shape index (κ2) is 11.8. The van der Waals surface area contributed by atoms with Gasteiger partial charge in [0.2, 0.25) is 5.91 Å². The summed E-state index contributed by atoms with van der Waals surface area (Å²) in [6, 6.07) is 14.3. The fourth-order valence-corrected chi connectivity index (χ4v) is 6.05. The molecule has 0 aromatic heterocycles. The molecule has 3 aliphatic heterocycles. The van der Waals surface area contributed by atoms with Crippen LogP contribution in [0.3, 0.4) is 0 Å². The van der Waals surface area contributed by atoms with Crippen molar-refractivity contribution in [2.45, 2.75) is 84.4 Å². The Morgan fingerprint density at radius 2 is 1.76 bits per heavy atom. The van der Waals surface area contributed by atoms with Gasteiger partial charge < -0.3 is 24.8 Å². The van der Waals surface area contributed by atoms with E-state index in [4.69, 9.17) is 9.47 Å². The molecule has 3 atom stereocenters. The van der Waals surface area contributed by atoms with Gasteiger partial charge in [-0.25, -0.2) is 9.59 Å². The van der Waals surface area contributed by atoms with Crippen molar-refractivity contribution in [3.8, 4) is 11.1 Å². The lowest BCUT2D eigenvalue weighted by molar-refractivity contribution is -0.150. The predicted octanol–water partition coefficient (Wildman–Crippen LogP) is 5.77. The number of rotatable bonds is 2. The maximum Gasteiger partial charge on any atom is 0.407 e. The van der Waals surface area contributed by atoms with Crippen LogP contribution in [0.1, 0.15) is 71.4 Å². The number of amides is 2. The fraction of sp³-hybridized carbons (Fsp3) is 0.545. The lowest BCUT2D eigenvalue weighted by Crippen LogP contribution is -2.57. The molecule has 0 unspecified atom stereocenters. The molecule has 2 N–H and O–H groups in total. The van der Waals surface area contributed by atoms with Crippen molar-refractivity contribution in [2.24, 2.45) is 10.8 Å². The number of methoxy groups -OCH3 is 1. The minimum atomic E-state index is -1.11. The van der Waals surface area contributed by atoms with Crippen LogP contribution >= 0.6 is 0 Å². The normalized spacial score (nSPS) is 25.7. The zero-order chi connectivity index (χ0) is 30.0. The van der Waals surface area contributed by atoms with Gasteiger partial charge in [0.25, 0.3) is 0 Å². The van der Waals surface area contributed by atoms with E-state index >= 15 is 0 Å². The highest BCUT2D eigenvalue weighted by Crippen LogP contribution is 2.41. The average molecular weight is 565 g/mol. The van der Waals surface area contributed by atoms with Gasteiger partial charge in [-0.1, -0.05) is 83.1 Å². The standard InChI is InChI=1S/C33H44N2O6/c1-31(2,3)27-28(36)35-21-33(40-6,20-26(35)29(37)38)24-15-13-23(14-16-24)25-12-8-7-10-22(25)11-9-17-32(4,5)18-19-41-30(39)34-27/h7-8,10,12-16,26-27H,9,11,17-21H2,1-6H3,(H,34,39)(H,37,38)/t26-,27+,33-/m0/s1. The first kappa shape index (κ1) is 30.6. The Morgan fingerprint density at radius 3 is 2.39 bits per heavy atom. The lowest BCUT2D eigenvalue weighted by atomic mass is 9.83. The zero-order valence-electron chi connectivity index (χ0n) is 25.2. The molecule has 0 saturated carbocycles. The van der Waals surface area contributed by atoms with Crippen molar-refractivity contribution >= 4 is 18.0 Å². The minimum absolute atomic E-state index is 0.0370. The Labute approximate surface area is 243 Å². The maximum absolute atomic E-state index is 14.0. The van der Waals surface area contributed by atoms with Crippen LogP contribution in [-0.2, 0) is 31.1 Å². The van der Waals surface area contributed by atoms with E-state index in [0.717, 1.165) is 36.0 Å². The third kappa shape index (κ3) is 6.75. The van der Waals surface area contributed by atoms with Gasteiger partial charge in [0, 0.05) is 13.5 Å². The summed E-state index contributed by atoms with van der Waals surface area (Å²) in [5.41, 5.74) is 2.57. The average Bonchev–Trinajstić information content (AvgIpc) is 3.32. The Morgan fingerprint density at radius 1 is 1.07 bits per heavy atom. The second-order valence-electron chi connectivity index (χ2n) is 13.3. The van der Waals surface area contributed by atoms with Crippen molar-refractivity contribution in [2.75, 3.05) is 20.3 Å². The van der Waals surface area contributed by atoms with E-state index in [1.807, 2.05) is 51.1 Å². The molecule has 4 bridgehead atoms. The zero-order valence-corrected chi connectivity index (χ0v) is 25.2. The molecule has 0 radical (unpaired) electrons. The molecule has 5 rings (SSSR count). The predicted molar refractivity (Wildman–Crippen MR) is 157 cm³/mol. The van der Waals surface area contributed by atoms with Gasteiger partial charge in [0.05, 0.1) is 13.2 Å². The second-order valence-corrected chi connectivity index (χ2v) is 13.3. The van der Waals surface area contributed by atoms with Crippen LogP contribution in [0.4, 0.5) is 4.79 Å². The van der Waals surface area contributed by atoms with Crippen LogP contribution in [0.15, 0.2) is 48.5 Å². The lowest BCUT2D eigenvalue weighted by Gasteiger charge is -2.35. The summed E-state index contributed by atoms with van der Waals surface area (Å²) < 4.78 is 11.5. The van der Waals surface area contributed by atoms with Gasteiger partial charge in [-0.15, -0.1) is 0 Å². The molecular formula is C33H44N2O6. The quantitative estimate of drug-likeness (QED) is 0.480. The Hall–Kier alpha value is -3.39. The van der Waals surface area contributed by atoms with Gasteiger partial charge in [-0.2, -0.15) is 0 Å². The number of carboxylic acids is 1. The molecule has 3 heterocycles. The number of hydrogen-bond donors (Lipinski definition) is 2. The molecule has 8 nitrogen and oxygen atoms in total. The molecule has 2 amide bonds. The highest BCUT2D eigenvalue weighted by Gasteiger charge is 2.52. The van der Waals surface area contributed by atoms with E-state index in [0.29, 0.717) is 6.42 Å². The molecule has 0 aliphatic carbocycles. The number of aliphatic carboxylic acids is 1. The van der Waals surface area contributed by atoms with Gasteiger partial charge in [0.15, 0.2) is 0 Å². The molecular weight excluding hydrogens is 520 g/mol. The van der Waals surface area contributed by atoms with Crippen molar-refractivity contribution in [3.05, 3.63) is 59.7 Å². The number of alkyl carbamates (subject to hydrolysis) is 1. The van der Waals surface area contributed by atoms with Crippen molar-refractivity contribution in [1.29, 1.82) is 0 Å². The highest BCUT2D eigenvalue weighted by molar-refractivity contribution is 5.90. The summed E-state index contributed by atoms with van der Waals surface area (Å²) in [7, 11) is 1.55. The van der Waals surface area contributed by atoms with Gasteiger partial charge >= 0.3 is 12.1 Å². The Balaban J connectivity index is 1.77. The molecule has 0 spiro atoms. The van der Waals surface area contributed by atoms with Crippen LogP contribution in [0.25, 0.3) is 11.1 Å². The number of carbonyl (C=O) groups excluding carboxylic acids is 2. The fourth-order valence-electron chi connectivity index (χ4n) is 6.05. The molecule has 1 fully saturated rings. The van der Waals surface area contributed by atoms with E-state index in [1.165, 1.54) is 10.5 Å². The summed E-state index contributed by atoms with van der Waals surface area (Å²) in [5, 5.41) is 12.9.